The zero-order chi connectivity index (χ0) is 9.49. The van der Waals surface area contributed by atoms with Crippen LogP contribution in [-0.2, 0) is 9.53 Å². The number of carbonyl (C=O) groups excluding carboxylic acids is 1. The van der Waals surface area contributed by atoms with E-state index in [1.54, 1.807) is 20.8 Å². The van der Waals surface area contributed by atoms with E-state index in [0.717, 1.165) is 13.4 Å². The number of esters is 1. The van der Waals surface area contributed by atoms with Crippen molar-refractivity contribution in [2.45, 2.75) is 20.8 Å². The van der Waals surface area contributed by atoms with Gasteiger partial charge in [0.2, 0.25) is 0 Å². The maximum Gasteiger partial charge on any atom is 0.316 e. The third-order valence-corrected chi connectivity index (χ3v) is 0.803. The van der Waals surface area contributed by atoms with Crippen molar-refractivity contribution >= 4 is 5.97 Å². The molecule has 0 aliphatic rings. The molecular weight excluding hydrogens is 144 g/mol. The average Bonchev–Trinajstić information content (AvgIpc) is 1.91. The maximum absolute atomic E-state index is 10.8. The highest BCUT2D eigenvalue weighted by Crippen LogP contribution is 2.14. The number of aliphatic hydroxyl groups excluding tert-OH is 1. The number of hydrogen-bond donors (Lipinski definition) is 1. The van der Waals surface area contributed by atoms with Crippen LogP contribution in [0.25, 0.3) is 0 Å². The van der Waals surface area contributed by atoms with Crippen LogP contribution in [0, 0.1) is 5.41 Å². The van der Waals surface area contributed by atoms with Gasteiger partial charge in [-0.3, -0.25) is 4.79 Å². The van der Waals surface area contributed by atoms with Gasteiger partial charge in [0.05, 0.1) is 11.7 Å². The van der Waals surface area contributed by atoms with E-state index in [4.69, 9.17) is 5.11 Å². The number of hydrogen-bond acceptors (Lipinski definition) is 3. The fraction of sp³-hybridized carbons (Fsp3) is 0.625. The Labute approximate surface area is 67.7 Å². The molecule has 0 aliphatic carbocycles. The van der Waals surface area contributed by atoms with E-state index in [1.165, 1.54) is 0 Å². The van der Waals surface area contributed by atoms with E-state index in [0.29, 0.717) is 0 Å². The van der Waals surface area contributed by atoms with Crippen LogP contribution < -0.4 is 0 Å². The Hall–Kier alpha value is -0.830. The molecule has 0 aliphatic heterocycles. The van der Waals surface area contributed by atoms with Crippen LogP contribution in [0.3, 0.4) is 0 Å². The van der Waals surface area contributed by atoms with Crippen LogP contribution in [0.5, 0.6) is 0 Å². The molecular formula is C8H16O3. The van der Waals surface area contributed by atoms with Crippen molar-refractivity contribution in [3.8, 4) is 0 Å². The summed E-state index contributed by atoms with van der Waals surface area (Å²) in [6, 6.07) is 0. The Morgan fingerprint density at radius 3 is 1.91 bits per heavy atom. The zero-order valence-corrected chi connectivity index (χ0v) is 7.55. The summed E-state index contributed by atoms with van der Waals surface area (Å²) in [6.07, 6.45) is 1.15. The highest BCUT2D eigenvalue weighted by Gasteiger charge is 2.21. The van der Waals surface area contributed by atoms with Gasteiger partial charge in [-0.05, 0) is 20.8 Å². The molecule has 11 heavy (non-hydrogen) atoms. The molecule has 0 aromatic heterocycles. The van der Waals surface area contributed by atoms with Crippen LogP contribution in [0.15, 0.2) is 12.8 Å². The van der Waals surface area contributed by atoms with Crippen molar-refractivity contribution in [2.24, 2.45) is 5.41 Å². The molecule has 66 valence electrons. The van der Waals surface area contributed by atoms with Gasteiger partial charge in [0.25, 0.3) is 0 Å². The number of aliphatic hydroxyl groups is 1. The molecule has 0 spiro atoms. The van der Waals surface area contributed by atoms with Gasteiger partial charge in [-0.15, -0.1) is 0 Å². The van der Waals surface area contributed by atoms with Crippen molar-refractivity contribution in [1.82, 2.24) is 0 Å². The minimum atomic E-state index is -0.422. The molecule has 0 rings (SSSR count). The van der Waals surface area contributed by atoms with Crippen LogP contribution in [0.2, 0.25) is 0 Å². The summed E-state index contributed by atoms with van der Waals surface area (Å²) in [6.45, 7) is 8.64. The molecule has 0 unspecified atom stereocenters. The summed E-state index contributed by atoms with van der Waals surface area (Å²) >= 11 is 0. The molecule has 0 bridgehead atoms. The molecule has 0 saturated heterocycles. The topological polar surface area (TPSA) is 46.5 Å². The van der Waals surface area contributed by atoms with Crippen molar-refractivity contribution in [3.05, 3.63) is 12.8 Å². The molecule has 3 heteroatoms. The first-order chi connectivity index (χ1) is 4.98. The monoisotopic (exact) mass is 160 g/mol. The summed E-state index contributed by atoms with van der Waals surface area (Å²) in [5.74, 6) is -0.252. The van der Waals surface area contributed by atoms with Crippen LogP contribution in [0.1, 0.15) is 20.8 Å². The van der Waals surface area contributed by atoms with Gasteiger partial charge in [0.15, 0.2) is 0 Å². The Kier molecular flexibility index (Phi) is 6.89. The summed E-state index contributed by atoms with van der Waals surface area (Å²) in [7, 11) is 1.00. The lowest BCUT2D eigenvalue weighted by molar-refractivity contribution is -0.146. The third-order valence-electron chi connectivity index (χ3n) is 0.803. The summed E-state index contributed by atoms with van der Waals surface area (Å²) < 4.78 is 4.53. The van der Waals surface area contributed by atoms with E-state index < -0.39 is 5.41 Å². The van der Waals surface area contributed by atoms with Gasteiger partial charge in [-0.1, -0.05) is 6.58 Å². The minimum Gasteiger partial charge on any atom is -0.435 e. The van der Waals surface area contributed by atoms with E-state index >= 15 is 0 Å². The first-order valence-electron chi connectivity index (χ1n) is 3.25. The third kappa shape index (κ3) is 7.06. The fourth-order valence-corrected chi connectivity index (χ4v) is 0.252. The largest absolute Gasteiger partial charge is 0.435 e. The summed E-state index contributed by atoms with van der Waals surface area (Å²) in [4.78, 5) is 10.8. The first-order valence-corrected chi connectivity index (χ1v) is 3.25. The van der Waals surface area contributed by atoms with Crippen molar-refractivity contribution < 1.29 is 14.6 Å². The molecule has 0 heterocycles. The highest BCUT2D eigenvalue weighted by atomic mass is 16.5. The number of rotatable bonds is 1. The Bertz CT molecular complexity index is 122. The minimum absolute atomic E-state index is 0.252. The zero-order valence-electron chi connectivity index (χ0n) is 7.55. The molecule has 1 N–H and O–H groups in total. The second-order valence-corrected chi connectivity index (χ2v) is 2.82. The van der Waals surface area contributed by atoms with Crippen LogP contribution in [-0.4, -0.2) is 18.2 Å². The predicted octanol–water partition coefficient (Wildman–Crippen LogP) is 1.33. The van der Waals surface area contributed by atoms with E-state index in [9.17, 15) is 4.79 Å². The second kappa shape index (κ2) is 5.92. The SMILES string of the molecule is C=COC(=O)C(C)(C)C.CO. The van der Waals surface area contributed by atoms with E-state index in [2.05, 4.69) is 11.3 Å². The Morgan fingerprint density at radius 1 is 1.45 bits per heavy atom. The molecule has 0 saturated carbocycles. The van der Waals surface area contributed by atoms with Gasteiger partial charge in [-0.25, -0.2) is 0 Å². The predicted molar refractivity (Wildman–Crippen MR) is 43.9 cm³/mol. The molecule has 0 radical (unpaired) electrons. The standard InChI is InChI=1S/C7H12O2.CH4O/c1-5-9-6(8)7(2,3)4;1-2/h5H,1H2,2-4H3;2H,1H3. The normalized spacial score (nSPS) is 9.18. The van der Waals surface area contributed by atoms with Crippen LogP contribution in [0.4, 0.5) is 0 Å². The van der Waals surface area contributed by atoms with Gasteiger partial charge in [-0.2, -0.15) is 0 Å². The molecule has 0 atom stereocenters. The molecule has 0 aromatic rings. The molecule has 0 fully saturated rings. The summed E-state index contributed by atoms with van der Waals surface area (Å²) in [5.41, 5.74) is -0.422. The number of carbonyl (C=O) groups is 1. The highest BCUT2D eigenvalue weighted by molar-refractivity contribution is 5.75. The second-order valence-electron chi connectivity index (χ2n) is 2.82. The Morgan fingerprint density at radius 2 is 1.82 bits per heavy atom. The van der Waals surface area contributed by atoms with Gasteiger partial charge < -0.3 is 9.84 Å². The lowest BCUT2D eigenvalue weighted by atomic mass is 9.98. The van der Waals surface area contributed by atoms with Crippen molar-refractivity contribution in [1.29, 1.82) is 0 Å². The molecule has 0 amide bonds. The number of ether oxygens (including phenoxy) is 1. The summed E-state index contributed by atoms with van der Waals surface area (Å²) in [5, 5.41) is 7.00. The van der Waals surface area contributed by atoms with Crippen molar-refractivity contribution in [2.75, 3.05) is 7.11 Å². The molecule has 3 nitrogen and oxygen atoms in total. The van der Waals surface area contributed by atoms with Gasteiger partial charge in [0.1, 0.15) is 0 Å². The van der Waals surface area contributed by atoms with Crippen molar-refractivity contribution in [3.63, 3.8) is 0 Å². The molecule has 0 aromatic carbocycles. The smallest absolute Gasteiger partial charge is 0.316 e. The van der Waals surface area contributed by atoms with Crippen LogP contribution >= 0.6 is 0 Å². The lowest BCUT2D eigenvalue weighted by Gasteiger charge is -2.13. The van der Waals surface area contributed by atoms with E-state index in [-0.39, 0.29) is 5.97 Å². The quantitative estimate of drug-likeness (QED) is 0.465. The Balaban J connectivity index is 0. The maximum atomic E-state index is 10.8. The lowest BCUT2D eigenvalue weighted by Crippen LogP contribution is -2.20. The van der Waals surface area contributed by atoms with Gasteiger partial charge >= 0.3 is 5.97 Å². The average molecular weight is 160 g/mol. The fourth-order valence-electron chi connectivity index (χ4n) is 0.252. The van der Waals surface area contributed by atoms with Gasteiger partial charge in [0, 0.05) is 7.11 Å². The first kappa shape index (κ1) is 12.8. The van der Waals surface area contributed by atoms with E-state index in [1.807, 2.05) is 0 Å².